The smallest absolute Gasteiger partial charge is 0.271 e. The van der Waals surface area contributed by atoms with Crippen LogP contribution < -0.4 is 5.32 Å². The van der Waals surface area contributed by atoms with Crippen LogP contribution in [-0.2, 0) is 0 Å². The van der Waals surface area contributed by atoms with E-state index in [0.29, 0.717) is 28.8 Å². The summed E-state index contributed by atoms with van der Waals surface area (Å²) < 4.78 is 0. The summed E-state index contributed by atoms with van der Waals surface area (Å²) in [6, 6.07) is 3.40. The van der Waals surface area contributed by atoms with Crippen molar-refractivity contribution < 1.29 is 9.59 Å². The zero-order chi connectivity index (χ0) is 17.3. The Balaban J connectivity index is 1.74. The van der Waals surface area contributed by atoms with Gasteiger partial charge in [-0.2, -0.15) is 0 Å². The summed E-state index contributed by atoms with van der Waals surface area (Å²) in [5.74, 6) is 1.29. The minimum atomic E-state index is -0.146. The van der Waals surface area contributed by atoms with E-state index in [2.05, 4.69) is 10.3 Å². The van der Waals surface area contributed by atoms with Gasteiger partial charge in [0.15, 0.2) is 0 Å². The molecule has 1 aromatic heterocycles. The Labute approximate surface area is 143 Å². The predicted molar refractivity (Wildman–Crippen MR) is 92.0 cm³/mol. The summed E-state index contributed by atoms with van der Waals surface area (Å²) in [6.07, 6.45) is 2.13. The average molecular weight is 330 g/mol. The van der Waals surface area contributed by atoms with Gasteiger partial charge in [0.05, 0.1) is 11.3 Å². The molecule has 1 N–H and O–H groups in total. The van der Waals surface area contributed by atoms with Gasteiger partial charge in [0.2, 0.25) is 0 Å². The van der Waals surface area contributed by atoms with E-state index in [4.69, 9.17) is 0 Å². The van der Waals surface area contributed by atoms with Crippen molar-refractivity contribution in [2.75, 3.05) is 40.3 Å². The number of fused-ring (bicyclic) bond motifs is 1. The molecule has 2 aliphatic rings. The molecule has 0 bridgehead atoms. The first-order valence-corrected chi connectivity index (χ1v) is 8.66. The molecule has 0 saturated carbocycles. The minimum Gasteiger partial charge on any atom is -0.343 e. The number of hydrogen-bond donors (Lipinski definition) is 1. The molecule has 2 fully saturated rings. The van der Waals surface area contributed by atoms with Crippen LogP contribution in [0.5, 0.6) is 0 Å². The topological polar surface area (TPSA) is 65.5 Å². The first-order valence-electron chi connectivity index (χ1n) is 8.66. The van der Waals surface area contributed by atoms with Crippen molar-refractivity contribution in [3.8, 4) is 0 Å². The molecular formula is C18H26N4O2. The summed E-state index contributed by atoms with van der Waals surface area (Å²) in [4.78, 5) is 32.7. The molecule has 3 rings (SSSR count). The Bertz CT molecular complexity index is 630. The first-order chi connectivity index (χ1) is 11.5. The van der Waals surface area contributed by atoms with Crippen LogP contribution in [0.1, 0.15) is 39.4 Å². The van der Waals surface area contributed by atoms with Crippen LogP contribution >= 0.6 is 0 Å². The number of nitrogens with zero attached hydrogens (tertiary/aromatic N) is 3. The quantitative estimate of drug-likeness (QED) is 0.884. The normalized spacial score (nSPS) is 23.5. The molecule has 2 saturated heterocycles. The van der Waals surface area contributed by atoms with Crippen molar-refractivity contribution in [1.82, 2.24) is 20.1 Å². The van der Waals surface area contributed by atoms with Gasteiger partial charge in [-0.3, -0.25) is 9.59 Å². The van der Waals surface area contributed by atoms with E-state index >= 15 is 0 Å². The number of nitrogens with one attached hydrogen (secondary N) is 1. The maximum Gasteiger partial charge on any atom is 0.271 e. The van der Waals surface area contributed by atoms with E-state index < -0.39 is 0 Å². The second kappa shape index (κ2) is 6.89. The van der Waals surface area contributed by atoms with Crippen molar-refractivity contribution in [2.24, 2.45) is 11.8 Å². The highest BCUT2D eigenvalue weighted by molar-refractivity contribution is 5.97. The number of pyridine rings is 1. The number of hydrogen-bond acceptors (Lipinski definition) is 4. The van der Waals surface area contributed by atoms with Crippen LogP contribution in [-0.4, -0.2) is 66.9 Å². The molecule has 0 radical (unpaired) electrons. The van der Waals surface area contributed by atoms with Crippen LogP contribution in [0.15, 0.2) is 12.1 Å². The molecule has 3 heterocycles. The Morgan fingerprint density at radius 3 is 2.33 bits per heavy atom. The van der Waals surface area contributed by atoms with Crippen molar-refractivity contribution in [3.05, 3.63) is 29.1 Å². The zero-order valence-electron chi connectivity index (χ0n) is 14.7. The fourth-order valence-corrected chi connectivity index (χ4v) is 3.73. The standard InChI is InChI=1S/C18H26N4O2/c1-12-15(4-5-16(20-12)18(24)21(2)3)17(23)22-8-6-13-10-19-11-14(13)7-9-22/h4-5,13-14,19H,6-11H2,1-3H3/t13-,14+. The first kappa shape index (κ1) is 16.9. The lowest BCUT2D eigenvalue weighted by Gasteiger charge is -2.22. The third-order valence-electron chi connectivity index (χ3n) is 5.25. The maximum absolute atomic E-state index is 12.9. The van der Waals surface area contributed by atoms with Crippen molar-refractivity contribution in [2.45, 2.75) is 19.8 Å². The third-order valence-corrected chi connectivity index (χ3v) is 5.25. The highest BCUT2D eigenvalue weighted by atomic mass is 16.2. The number of aryl methyl sites for hydroxylation is 1. The summed E-state index contributed by atoms with van der Waals surface area (Å²) in [7, 11) is 3.39. The number of amides is 2. The maximum atomic E-state index is 12.9. The summed E-state index contributed by atoms with van der Waals surface area (Å²) >= 11 is 0. The molecule has 2 aliphatic heterocycles. The predicted octanol–water partition coefficient (Wildman–Crippen LogP) is 1.16. The second-order valence-electron chi connectivity index (χ2n) is 7.08. The van der Waals surface area contributed by atoms with Crippen molar-refractivity contribution in [1.29, 1.82) is 0 Å². The van der Waals surface area contributed by atoms with E-state index in [1.54, 1.807) is 33.2 Å². The van der Waals surface area contributed by atoms with Crippen LogP contribution in [0.3, 0.4) is 0 Å². The van der Waals surface area contributed by atoms with Gasteiger partial charge in [-0.1, -0.05) is 0 Å². The van der Waals surface area contributed by atoms with Gasteiger partial charge in [0.25, 0.3) is 11.8 Å². The Kier molecular flexibility index (Phi) is 4.85. The third kappa shape index (κ3) is 3.29. The van der Waals surface area contributed by atoms with Crippen molar-refractivity contribution in [3.63, 3.8) is 0 Å². The lowest BCUT2D eigenvalue weighted by molar-refractivity contribution is 0.0754. The molecule has 130 valence electrons. The largest absolute Gasteiger partial charge is 0.343 e. The second-order valence-corrected chi connectivity index (χ2v) is 7.08. The van der Waals surface area contributed by atoms with Crippen LogP contribution in [0.4, 0.5) is 0 Å². The van der Waals surface area contributed by atoms with E-state index in [1.807, 2.05) is 4.90 Å². The van der Waals surface area contributed by atoms with Gasteiger partial charge in [0, 0.05) is 27.2 Å². The fourth-order valence-electron chi connectivity index (χ4n) is 3.73. The van der Waals surface area contributed by atoms with E-state index in [1.165, 1.54) is 4.90 Å². The molecule has 0 aromatic carbocycles. The monoisotopic (exact) mass is 330 g/mol. The molecular weight excluding hydrogens is 304 g/mol. The van der Waals surface area contributed by atoms with Gasteiger partial charge in [-0.15, -0.1) is 0 Å². The SMILES string of the molecule is Cc1nc(C(=O)N(C)C)ccc1C(=O)N1CC[C@@H]2CNC[C@@H]2CC1. The molecule has 0 spiro atoms. The van der Waals surface area contributed by atoms with Gasteiger partial charge in [-0.25, -0.2) is 4.98 Å². The lowest BCUT2D eigenvalue weighted by Crippen LogP contribution is -2.33. The highest BCUT2D eigenvalue weighted by Gasteiger charge is 2.32. The van der Waals surface area contributed by atoms with Crippen LogP contribution in [0, 0.1) is 18.8 Å². The Hall–Kier alpha value is -1.95. The summed E-state index contributed by atoms with van der Waals surface area (Å²) in [5, 5.41) is 3.45. The van der Waals surface area contributed by atoms with Gasteiger partial charge < -0.3 is 15.1 Å². The molecule has 1 aromatic rings. The molecule has 2 amide bonds. The molecule has 6 nitrogen and oxygen atoms in total. The zero-order valence-corrected chi connectivity index (χ0v) is 14.7. The minimum absolute atomic E-state index is 0.0387. The summed E-state index contributed by atoms with van der Waals surface area (Å²) in [5.41, 5.74) is 1.61. The van der Waals surface area contributed by atoms with Crippen LogP contribution in [0.2, 0.25) is 0 Å². The molecule has 24 heavy (non-hydrogen) atoms. The molecule has 2 atom stereocenters. The summed E-state index contributed by atoms with van der Waals surface area (Å²) in [6.45, 7) is 5.57. The van der Waals surface area contributed by atoms with Gasteiger partial charge >= 0.3 is 0 Å². The van der Waals surface area contributed by atoms with Gasteiger partial charge in [-0.05, 0) is 56.8 Å². The van der Waals surface area contributed by atoms with Crippen LogP contribution in [0.25, 0.3) is 0 Å². The highest BCUT2D eigenvalue weighted by Crippen LogP contribution is 2.27. The van der Waals surface area contributed by atoms with E-state index in [0.717, 1.165) is 39.0 Å². The Morgan fingerprint density at radius 1 is 1.17 bits per heavy atom. The fraction of sp³-hybridized carbons (Fsp3) is 0.611. The molecule has 0 aliphatic carbocycles. The number of rotatable bonds is 2. The number of aromatic nitrogens is 1. The number of likely N-dealkylation sites (tertiary alicyclic amines) is 1. The van der Waals surface area contributed by atoms with E-state index in [-0.39, 0.29) is 11.8 Å². The number of carbonyl (C=O) groups excluding carboxylic acids is 2. The average Bonchev–Trinajstić information content (AvgIpc) is 2.92. The number of carbonyl (C=O) groups is 2. The molecule has 6 heteroatoms. The van der Waals surface area contributed by atoms with E-state index in [9.17, 15) is 9.59 Å². The Morgan fingerprint density at radius 2 is 1.79 bits per heavy atom. The molecule has 0 unspecified atom stereocenters. The van der Waals surface area contributed by atoms with Crippen molar-refractivity contribution >= 4 is 11.8 Å². The lowest BCUT2D eigenvalue weighted by atomic mass is 9.92. The van der Waals surface area contributed by atoms with Gasteiger partial charge in [0.1, 0.15) is 5.69 Å².